The number of hydrogen-bond acceptors (Lipinski definition) is 5. The van der Waals surface area contributed by atoms with Gasteiger partial charge in [0, 0.05) is 18.7 Å². The number of rotatable bonds is 7. The molecule has 0 radical (unpaired) electrons. The van der Waals surface area contributed by atoms with E-state index in [2.05, 4.69) is 15.4 Å². The van der Waals surface area contributed by atoms with Gasteiger partial charge in [0.05, 0.1) is 16.7 Å². The van der Waals surface area contributed by atoms with Gasteiger partial charge in [-0.15, -0.1) is 0 Å². The van der Waals surface area contributed by atoms with Gasteiger partial charge in [-0.1, -0.05) is 12.1 Å². The number of nitrogens with zero attached hydrogens (tertiary/aromatic N) is 4. The molecule has 8 nitrogen and oxygen atoms in total. The molecule has 158 valence electrons. The van der Waals surface area contributed by atoms with Gasteiger partial charge in [0.25, 0.3) is 5.91 Å². The molecular weight excluding hydrogens is 394 g/mol. The average molecular weight is 417 g/mol. The molecule has 4 rings (SSSR count). The Morgan fingerprint density at radius 1 is 1.19 bits per heavy atom. The third-order valence-corrected chi connectivity index (χ3v) is 5.10. The van der Waals surface area contributed by atoms with E-state index in [4.69, 9.17) is 0 Å². The number of nitrogens with one attached hydrogen (secondary N) is 1. The van der Waals surface area contributed by atoms with E-state index in [1.807, 2.05) is 30.5 Å². The van der Waals surface area contributed by atoms with Crippen molar-refractivity contribution in [2.24, 2.45) is 0 Å². The molecule has 0 aliphatic carbocycles. The molecule has 2 N–H and O–H groups in total. The minimum absolute atomic E-state index is 0.209. The Balaban J connectivity index is 1.69. The zero-order valence-electron chi connectivity index (χ0n) is 17.4. The minimum atomic E-state index is -0.299. The summed E-state index contributed by atoms with van der Waals surface area (Å²) in [5.74, 6) is 0.303. The molecule has 1 amide bonds. The van der Waals surface area contributed by atoms with Crippen molar-refractivity contribution in [1.82, 2.24) is 19.3 Å². The Kier molecular flexibility index (Phi) is 5.53. The average Bonchev–Trinajstić information content (AvgIpc) is 3.31. The zero-order valence-corrected chi connectivity index (χ0v) is 17.4. The second-order valence-corrected chi connectivity index (χ2v) is 7.31. The third-order valence-electron chi connectivity index (χ3n) is 5.10. The topological polar surface area (TPSA) is 102 Å². The van der Waals surface area contributed by atoms with Crippen LogP contribution in [0.15, 0.2) is 48.5 Å². The van der Waals surface area contributed by atoms with Gasteiger partial charge in [-0.2, -0.15) is 5.10 Å². The molecule has 0 aliphatic rings. The number of phenols is 1. The molecule has 8 heteroatoms. The second-order valence-electron chi connectivity index (χ2n) is 7.31. The maximum atomic E-state index is 13.0. The Labute approximate surface area is 179 Å². The first-order chi connectivity index (χ1) is 15.0. The highest BCUT2D eigenvalue weighted by molar-refractivity contribution is 6.03. The first kappa shape index (κ1) is 20.3. The van der Waals surface area contributed by atoms with E-state index < -0.39 is 0 Å². The first-order valence-corrected chi connectivity index (χ1v) is 10.1. The van der Waals surface area contributed by atoms with Gasteiger partial charge in [-0.25, -0.2) is 4.98 Å². The number of aryl methyl sites for hydroxylation is 4. The maximum Gasteiger partial charge on any atom is 0.276 e. The summed E-state index contributed by atoms with van der Waals surface area (Å²) in [5, 5.41) is 17.0. The number of aromatic nitrogens is 4. The second kappa shape index (κ2) is 8.43. The molecule has 31 heavy (non-hydrogen) atoms. The summed E-state index contributed by atoms with van der Waals surface area (Å²) in [4.78, 5) is 28.7. The van der Waals surface area contributed by atoms with Crippen molar-refractivity contribution >= 4 is 29.2 Å². The van der Waals surface area contributed by atoms with E-state index in [0.717, 1.165) is 23.1 Å². The van der Waals surface area contributed by atoms with E-state index in [1.165, 1.54) is 0 Å². The van der Waals surface area contributed by atoms with Crippen LogP contribution < -0.4 is 5.32 Å². The van der Waals surface area contributed by atoms with Crippen LogP contribution in [-0.4, -0.2) is 36.6 Å². The smallest absolute Gasteiger partial charge is 0.276 e. The van der Waals surface area contributed by atoms with Gasteiger partial charge in [0.2, 0.25) is 5.95 Å². The molecule has 2 aromatic heterocycles. The SMILES string of the molecule is CCn1nc(C)cc1C(=O)Nc1nc2cc(C=O)ccc2n1CCc1cccc(O)c1. The quantitative estimate of drug-likeness (QED) is 0.448. The number of benzene rings is 2. The molecule has 2 heterocycles. The number of aldehydes is 1. The lowest BCUT2D eigenvalue weighted by atomic mass is 10.1. The monoisotopic (exact) mass is 417 g/mol. The number of hydrogen-bond donors (Lipinski definition) is 2. The van der Waals surface area contributed by atoms with E-state index in [0.29, 0.717) is 42.2 Å². The molecule has 4 aromatic rings. The highest BCUT2D eigenvalue weighted by atomic mass is 16.3. The minimum Gasteiger partial charge on any atom is -0.508 e. The van der Waals surface area contributed by atoms with Crippen LogP contribution >= 0.6 is 0 Å². The standard InChI is InChI=1S/C23H23N5O3/c1-3-28-21(11-15(2)26-28)22(31)25-23-24-19-13-17(14-29)7-8-20(19)27(23)10-9-16-5-4-6-18(30)12-16/h4-8,11-14,30H,3,9-10H2,1-2H3,(H,24,25,31). The van der Waals surface area contributed by atoms with Gasteiger partial charge in [-0.05, 0) is 62.2 Å². The van der Waals surface area contributed by atoms with Crippen molar-refractivity contribution < 1.29 is 14.7 Å². The number of anilines is 1. The van der Waals surface area contributed by atoms with Gasteiger partial charge < -0.3 is 9.67 Å². The lowest BCUT2D eigenvalue weighted by Crippen LogP contribution is -2.20. The molecule has 0 fully saturated rings. The molecule has 0 saturated heterocycles. The summed E-state index contributed by atoms with van der Waals surface area (Å²) >= 11 is 0. The van der Waals surface area contributed by atoms with Crippen LogP contribution in [0.5, 0.6) is 5.75 Å². The van der Waals surface area contributed by atoms with Crippen molar-refractivity contribution in [2.75, 3.05) is 5.32 Å². The van der Waals surface area contributed by atoms with Crippen LogP contribution in [0.1, 0.15) is 39.0 Å². The predicted molar refractivity (Wildman–Crippen MR) is 118 cm³/mol. The fraction of sp³-hybridized carbons (Fsp3) is 0.217. The fourth-order valence-electron chi connectivity index (χ4n) is 3.63. The lowest BCUT2D eigenvalue weighted by Gasteiger charge is -2.11. The van der Waals surface area contributed by atoms with Gasteiger partial charge >= 0.3 is 0 Å². The summed E-state index contributed by atoms with van der Waals surface area (Å²) in [5.41, 5.74) is 4.13. The van der Waals surface area contributed by atoms with Crippen LogP contribution in [0.3, 0.4) is 0 Å². The summed E-state index contributed by atoms with van der Waals surface area (Å²) < 4.78 is 3.56. The number of fused-ring (bicyclic) bond motifs is 1. The maximum absolute atomic E-state index is 13.0. The fourth-order valence-corrected chi connectivity index (χ4v) is 3.63. The molecule has 0 bridgehead atoms. The molecule has 0 unspecified atom stereocenters. The van der Waals surface area contributed by atoms with Crippen LogP contribution in [0.25, 0.3) is 11.0 Å². The highest BCUT2D eigenvalue weighted by Crippen LogP contribution is 2.23. The largest absolute Gasteiger partial charge is 0.508 e. The molecular formula is C23H23N5O3. The number of imidazole rings is 1. The van der Waals surface area contributed by atoms with Crippen LogP contribution in [-0.2, 0) is 19.5 Å². The molecule has 0 aliphatic heterocycles. The Morgan fingerprint density at radius 2 is 2.03 bits per heavy atom. The van der Waals surface area contributed by atoms with E-state index >= 15 is 0 Å². The normalized spacial score (nSPS) is 11.0. The third kappa shape index (κ3) is 4.18. The van der Waals surface area contributed by atoms with Crippen LogP contribution in [0, 0.1) is 6.92 Å². The van der Waals surface area contributed by atoms with Crippen LogP contribution in [0.2, 0.25) is 0 Å². The Bertz CT molecular complexity index is 1270. The van der Waals surface area contributed by atoms with Crippen molar-refractivity contribution in [3.63, 3.8) is 0 Å². The van der Waals surface area contributed by atoms with Crippen molar-refractivity contribution in [3.8, 4) is 5.75 Å². The lowest BCUT2D eigenvalue weighted by molar-refractivity contribution is 0.101. The molecule has 0 saturated carbocycles. The van der Waals surface area contributed by atoms with Crippen molar-refractivity contribution in [2.45, 2.75) is 33.4 Å². The summed E-state index contributed by atoms with van der Waals surface area (Å²) in [6.07, 6.45) is 1.40. The number of amides is 1. The zero-order chi connectivity index (χ0) is 22.0. The van der Waals surface area contributed by atoms with Crippen molar-refractivity contribution in [3.05, 3.63) is 71.0 Å². The van der Waals surface area contributed by atoms with E-state index in [9.17, 15) is 14.7 Å². The summed E-state index contributed by atoms with van der Waals surface area (Å²) in [6, 6.07) is 14.1. The summed E-state index contributed by atoms with van der Waals surface area (Å²) in [7, 11) is 0. The van der Waals surface area contributed by atoms with Crippen molar-refractivity contribution in [1.29, 1.82) is 0 Å². The van der Waals surface area contributed by atoms with Crippen LogP contribution in [0.4, 0.5) is 5.95 Å². The van der Waals surface area contributed by atoms with Gasteiger partial charge in [0.1, 0.15) is 17.7 Å². The predicted octanol–water partition coefficient (Wildman–Crippen LogP) is 3.57. The number of phenolic OH excluding ortho intramolecular Hbond substituents is 1. The Hall–Kier alpha value is -3.94. The van der Waals surface area contributed by atoms with Gasteiger partial charge in [-0.3, -0.25) is 19.6 Å². The number of aromatic hydroxyl groups is 1. The number of carbonyl (C=O) groups excluding carboxylic acids is 2. The first-order valence-electron chi connectivity index (χ1n) is 10.1. The molecule has 2 aromatic carbocycles. The highest BCUT2D eigenvalue weighted by Gasteiger charge is 2.18. The molecule has 0 atom stereocenters. The van der Waals surface area contributed by atoms with E-state index in [1.54, 1.807) is 41.1 Å². The summed E-state index contributed by atoms with van der Waals surface area (Å²) in [6.45, 7) is 4.87. The van der Waals surface area contributed by atoms with Gasteiger partial charge in [0.15, 0.2) is 0 Å². The molecule has 0 spiro atoms. The van der Waals surface area contributed by atoms with E-state index in [-0.39, 0.29) is 11.7 Å². The number of carbonyl (C=O) groups is 2. The Morgan fingerprint density at radius 3 is 2.77 bits per heavy atom.